The Kier molecular flexibility index (Phi) is 5.98. The van der Waals surface area contributed by atoms with Crippen molar-refractivity contribution in [2.24, 2.45) is 0 Å². The summed E-state index contributed by atoms with van der Waals surface area (Å²) in [6.07, 6.45) is 0. The second kappa shape index (κ2) is 7.97. The van der Waals surface area contributed by atoms with Gasteiger partial charge in [-0.25, -0.2) is 0 Å². The van der Waals surface area contributed by atoms with Crippen LogP contribution in [-0.4, -0.2) is 17.8 Å². The zero-order chi connectivity index (χ0) is 16.8. The molecule has 1 atom stereocenters. The summed E-state index contributed by atoms with van der Waals surface area (Å²) in [6.45, 7) is 0.960. The van der Waals surface area contributed by atoms with Crippen molar-refractivity contribution in [3.8, 4) is 5.75 Å². The predicted molar refractivity (Wildman–Crippen MR) is 88.2 cm³/mol. The molecule has 0 heterocycles. The Morgan fingerprint density at radius 1 is 1.09 bits per heavy atom. The first-order valence-electron chi connectivity index (χ1n) is 7.03. The number of aryl methyl sites for hydroxylation is 1. The van der Waals surface area contributed by atoms with Crippen LogP contribution in [0.2, 0.25) is 0 Å². The van der Waals surface area contributed by atoms with E-state index in [1.165, 1.54) is 36.0 Å². The molecule has 23 heavy (non-hydrogen) atoms. The number of alkyl halides is 2. The van der Waals surface area contributed by atoms with Crippen LogP contribution in [0.5, 0.6) is 5.75 Å². The fraction of sp³-hybridized carbons (Fsp3) is 0.235. The minimum Gasteiger partial charge on any atom is -0.435 e. The van der Waals surface area contributed by atoms with Gasteiger partial charge in [0.15, 0.2) is 0 Å². The van der Waals surface area contributed by atoms with Gasteiger partial charge < -0.3 is 10.1 Å². The van der Waals surface area contributed by atoms with Gasteiger partial charge in [0.05, 0.1) is 5.25 Å². The standard InChI is InChI=1S/C17H17F2NO2S/c1-11-3-9-15(10-4-11)23-12(2)16(21)20-13-5-7-14(8-6-13)22-17(18)19/h3-10,12,17H,1-2H3,(H,20,21). The van der Waals surface area contributed by atoms with Gasteiger partial charge in [-0.15, -0.1) is 11.8 Å². The van der Waals surface area contributed by atoms with E-state index < -0.39 is 6.61 Å². The molecule has 0 spiro atoms. The van der Waals surface area contributed by atoms with Crippen LogP contribution < -0.4 is 10.1 Å². The van der Waals surface area contributed by atoms with Gasteiger partial charge in [-0.05, 0) is 50.2 Å². The number of nitrogens with one attached hydrogen (secondary N) is 1. The minimum atomic E-state index is -2.86. The van der Waals surface area contributed by atoms with E-state index in [0.717, 1.165) is 10.5 Å². The predicted octanol–water partition coefficient (Wildman–Crippen LogP) is 4.72. The third-order valence-electron chi connectivity index (χ3n) is 3.05. The van der Waals surface area contributed by atoms with Crippen molar-refractivity contribution in [1.82, 2.24) is 0 Å². The van der Waals surface area contributed by atoms with E-state index in [2.05, 4.69) is 10.1 Å². The Balaban J connectivity index is 1.91. The van der Waals surface area contributed by atoms with Gasteiger partial charge in [0, 0.05) is 10.6 Å². The third kappa shape index (κ3) is 5.56. The highest BCUT2D eigenvalue weighted by Crippen LogP contribution is 2.25. The molecule has 3 nitrogen and oxygen atoms in total. The van der Waals surface area contributed by atoms with Crippen LogP contribution in [0.3, 0.4) is 0 Å². The summed E-state index contributed by atoms with van der Waals surface area (Å²) >= 11 is 1.46. The van der Waals surface area contributed by atoms with Crippen molar-refractivity contribution in [3.05, 3.63) is 54.1 Å². The number of thioether (sulfide) groups is 1. The first-order valence-corrected chi connectivity index (χ1v) is 7.91. The number of carbonyl (C=O) groups is 1. The fourth-order valence-electron chi connectivity index (χ4n) is 1.84. The van der Waals surface area contributed by atoms with Crippen molar-refractivity contribution in [1.29, 1.82) is 0 Å². The number of hydrogen-bond donors (Lipinski definition) is 1. The summed E-state index contributed by atoms with van der Waals surface area (Å²) in [5.74, 6) is -0.0989. The van der Waals surface area contributed by atoms with Crippen molar-refractivity contribution < 1.29 is 18.3 Å². The van der Waals surface area contributed by atoms with Crippen LogP contribution in [0.4, 0.5) is 14.5 Å². The summed E-state index contributed by atoms with van der Waals surface area (Å²) in [5, 5.41) is 2.47. The zero-order valence-electron chi connectivity index (χ0n) is 12.8. The third-order valence-corrected chi connectivity index (χ3v) is 4.16. The molecule has 0 radical (unpaired) electrons. The van der Waals surface area contributed by atoms with Gasteiger partial charge in [0.1, 0.15) is 5.75 Å². The second-order valence-electron chi connectivity index (χ2n) is 4.97. The van der Waals surface area contributed by atoms with E-state index in [-0.39, 0.29) is 16.9 Å². The number of ether oxygens (including phenoxy) is 1. The molecule has 1 unspecified atom stereocenters. The molecule has 1 amide bonds. The quantitative estimate of drug-likeness (QED) is 0.776. The highest BCUT2D eigenvalue weighted by Gasteiger charge is 2.14. The lowest BCUT2D eigenvalue weighted by atomic mass is 10.2. The molecule has 0 aliphatic heterocycles. The first-order chi connectivity index (χ1) is 10.9. The minimum absolute atomic E-state index is 0.0556. The zero-order valence-corrected chi connectivity index (χ0v) is 13.6. The van der Waals surface area contributed by atoms with Gasteiger partial charge in [-0.3, -0.25) is 4.79 Å². The molecule has 0 aliphatic rings. The van der Waals surface area contributed by atoms with Crippen LogP contribution in [0.1, 0.15) is 12.5 Å². The van der Waals surface area contributed by atoms with Crippen molar-refractivity contribution in [3.63, 3.8) is 0 Å². The van der Waals surface area contributed by atoms with Crippen molar-refractivity contribution in [2.45, 2.75) is 30.6 Å². The fourth-order valence-corrected chi connectivity index (χ4v) is 2.71. The summed E-state index contributed by atoms with van der Waals surface area (Å²) in [6, 6.07) is 13.8. The largest absolute Gasteiger partial charge is 0.435 e. The van der Waals surface area contributed by atoms with Crippen LogP contribution >= 0.6 is 11.8 Å². The van der Waals surface area contributed by atoms with E-state index in [1.807, 2.05) is 38.1 Å². The normalized spacial score (nSPS) is 12.0. The van der Waals surface area contributed by atoms with E-state index in [1.54, 1.807) is 0 Å². The van der Waals surface area contributed by atoms with Crippen molar-refractivity contribution in [2.75, 3.05) is 5.32 Å². The maximum absolute atomic E-state index is 12.2. The SMILES string of the molecule is Cc1ccc(SC(C)C(=O)Nc2ccc(OC(F)F)cc2)cc1. The lowest BCUT2D eigenvalue weighted by Crippen LogP contribution is -2.22. The van der Waals surface area contributed by atoms with Gasteiger partial charge in [-0.1, -0.05) is 17.7 Å². The first kappa shape index (κ1) is 17.3. The van der Waals surface area contributed by atoms with Crippen LogP contribution in [0, 0.1) is 6.92 Å². The Morgan fingerprint density at radius 3 is 2.26 bits per heavy atom. The molecular weight excluding hydrogens is 320 g/mol. The molecular formula is C17H17F2NO2S. The number of amides is 1. The maximum atomic E-state index is 12.2. The number of rotatable bonds is 6. The molecule has 0 aliphatic carbocycles. The van der Waals surface area contributed by atoms with E-state index >= 15 is 0 Å². The second-order valence-corrected chi connectivity index (χ2v) is 6.38. The number of anilines is 1. The Hall–Kier alpha value is -2.08. The van der Waals surface area contributed by atoms with Gasteiger partial charge in [-0.2, -0.15) is 8.78 Å². The molecule has 122 valence electrons. The van der Waals surface area contributed by atoms with Crippen LogP contribution in [0.25, 0.3) is 0 Å². The number of carbonyl (C=O) groups excluding carboxylic acids is 1. The summed E-state index contributed by atoms with van der Waals surface area (Å²) in [5.41, 5.74) is 1.70. The Bertz CT molecular complexity index is 645. The molecule has 0 saturated heterocycles. The molecule has 6 heteroatoms. The van der Waals surface area contributed by atoms with E-state index in [4.69, 9.17) is 0 Å². The van der Waals surface area contributed by atoms with Gasteiger partial charge in [0.25, 0.3) is 0 Å². The average Bonchev–Trinajstić information content (AvgIpc) is 2.51. The summed E-state index contributed by atoms with van der Waals surface area (Å²) < 4.78 is 28.4. The molecule has 2 aromatic rings. The van der Waals surface area contributed by atoms with Gasteiger partial charge in [0.2, 0.25) is 5.91 Å². The molecule has 0 saturated carbocycles. The highest BCUT2D eigenvalue weighted by molar-refractivity contribution is 8.00. The monoisotopic (exact) mass is 337 g/mol. The van der Waals surface area contributed by atoms with Gasteiger partial charge >= 0.3 is 6.61 Å². The van der Waals surface area contributed by atoms with Crippen molar-refractivity contribution >= 4 is 23.4 Å². The molecule has 2 aromatic carbocycles. The number of hydrogen-bond acceptors (Lipinski definition) is 3. The highest BCUT2D eigenvalue weighted by atomic mass is 32.2. The smallest absolute Gasteiger partial charge is 0.387 e. The molecule has 1 N–H and O–H groups in total. The Labute approximate surface area is 138 Å². The summed E-state index contributed by atoms with van der Waals surface area (Å²) in [7, 11) is 0. The summed E-state index contributed by atoms with van der Waals surface area (Å²) in [4.78, 5) is 13.2. The lowest BCUT2D eigenvalue weighted by Gasteiger charge is -2.12. The average molecular weight is 337 g/mol. The maximum Gasteiger partial charge on any atom is 0.387 e. The topological polar surface area (TPSA) is 38.3 Å². The molecule has 0 aromatic heterocycles. The molecule has 0 bridgehead atoms. The van der Waals surface area contributed by atoms with Crippen LogP contribution in [0.15, 0.2) is 53.4 Å². The Morgan fingerprint density at radius 2 is 1.70 bits per heavy atom. The molecule has 0 fully saturated rings. The van der Waals surface area contributed by atoms with E-state index in [9.17, 15) is 13.6 Å². The van der Waals surface area contributed by atoms with E-state index in [0.29, 0.717) is 5.69 Å². The number of halogens is 2. The lowest BCUT2D eigenvalue weighted by molar-refractivity contribution is -0.115. The molecule has 2 rings (SSSR count). The number of benzene rings is 2. The van der Waals surface area contributed by atoms with Crippen LogP contribution in [-0.2, 0) is 4.79 Å².